The molecule has 0 radical (unpaired) electrons. The van der Waals surface area contributed by atoms with Crippen molar-refractivity contribution in [1.82, 2.24) is 0 Å². The van der Waals surface area contributed by atoms with E-state index >= 15 is 0 Å². The van der Waals surface area contributed by atoms with Gasteiger partial charge in [0.2, 0.25) is 0 Å². The Bertz CT molecular complexity index is 1080. The smallest absolute Gasteiger partial charge is 0.118 e. The van der Waals surface area contributed by atoms with Crippen LogP contribution in [0.1, 0.15) is 11.1 Å². The average Bonchev–Trinajstić information content (AvgIpc) is 3.07. The second kappa shape index (κ2) is 7.42. The maximum atomic E-state index is 9.89. The lowest BCUT2D eigenvalue weighted by atomic mass is 10.1. The van der Waals surface area contributed by atoms with Crippen molar-refractivity contribution in [2.24, 2.45) is 5.10 Å². The van der Waals surface area contributed by atoms with Crippen LogP contribution < -0.4 is 14.8 Å². The number of hydrazone groups is 1. The first-order chi connectivity index (χ1) is 13.5. The lowest BCUT2D eigenvalue weighted by Crippen LogP contribution is -2.19. The summed E-state index contributed by atoms with van der Waals surface area (Å²) in [6.45, 7) is 2.06. The molecule has 0 fully saturated rings. The molecule has 6 heteroatoms. The number of methoxy groups -OCH3 is 1. The highest BCUT2D eigenvalue weighted by molar-refractivity contribution is 8.19. The van der Waals surface area contributed by atoms with E-state index in [-0.39, 0.29) is 5.75 Å². The third-order valence-electron chi connectivity index (χ3n) is 4.81. The zero-order valence-corrected chi connectivity index (χ0v) is 17.5. The van der Waals surface area contributed by atoms with Gasteiger partial charge < -0.3 is 9.84 Å². The number of phenolic OH excluding ortho intramolecular Hbond substituents is 1. The minimum absolute atomic E-state index is 0.228. The number of ether oxygens (including phenoxy) is 1. The zero-order valence-electron chi connectivity index (χ0n) is 15.7. The number of hydrogen-bond acceptors (Lipinski definition) is 4. The number of hydrogen-bond donors (Lipinski definition) is 1. The van der Waals surface area contributed by atoms with Gasteiger partial charge in [-0.3, -0.25) is 0 Å². The fourth-order valence-corrected chi connectivity index (χ4v) is 6.95. The summed E-state index contributed by atoms with van der Waals surface area (Å²) in [6.07, 6.45) is -1.55. The molecule has 0 amide bonds. The van der Waals surface area contributed by atoms with E-state index in [4.69, 9.17) is 21.6 Å². The summed E-state index contributed by atoms with van der Waals surface area (Å²) < 4.78 is 7.32. The lowest BCUT2D eigenvalue weighted by molar-refractivity contribution is 0.415. The maximum Gasteiger partial charge on any atom is 0.118 e. The molecule has 0 spiro atoms. The molecule has 0 aromatic heterocycles. The van der Waals surface area contributed by atoms with E-state index in [1.807, 2.05) is 41.2 Å². The first-order valence-electron chi connectivity index (χ1n) is 8.97. The van der Waals surface area contributed by atoms with Crippen LogP contribution in [0.15, 0.2) is 77.9 Å². The van der Waals surface area contributed by atoms with E-state index in [1.165, 1.54) is 5.56 Å². The van der Waals surface area contributed by atoms with Crippen molar-refractivity contribution in [2.45, 2.75) is 6.92 Å². The Morgan fingerprint density at radius 3 is 2.39 bits per heavy atom. The van der Waals surface area contributed by atoms with Crippen molar-refractivity contribution in [1.29, 1.82) is 0 Å². The average molecular weight is 408 g/mol. The van der Waals surface area contributed by atoms with E-state index in [1.54, 1.807) is 19.2 Å². The first-order valence-corrected chi connectivity index (χ1v) is 11.9. The predicted octanol–water partition coefficient (Wildman–Crippen LogP) is 4.65. The molecule has 1 aliphatic heterocycles. The van der Waals surface area contributed by atoms with Crippen LogP contribution in [-0.2, 0) is 11.8 Å². The van der Waals surface area contributed by atoms with E-state index in [0.29, 0.717) is 6.16 Å². The summed E-state index contributed by atoms with van der Waals surface area (Å²) >= 11 is 6.28. The van der Waals surface area contributed by atoms with Gasteiger partial charge in [-0.05, 0) is 55.5 Å². The van der Waals surface area contributed by atoms with E-state index < -0.39 is 6.19 Å². The maximum absolute atomic E-state index is 9.89. The monoisotopic (exact) mass is 408 g/mol. The highest BCUT2D eigenvalue weighted by Crippen LogP contribution is 2.55. The normalized spacial score (nSPS) is 18.8. The van der Waals surface area contributed by atoms with Crippen LogP contribution >= 0.6 is 6.19 Å². The molecule has 0 saturated heterocycles. The molecule has 142 valence electrons. The number of phenols is 1. The van der Waals surface area contributed by atoms with Crippen LogP contribution in [-0.4, -0.2) is 24.1 Å². The molecule has 1 aliphatic rings. The second-order valence-electron chi connectivity index (χ2n) is 6.78. The molecule has 1 N–H and O–H groups in total. The van der Waals surface area contributed by atoms with Crippen LogP contribution in [0.5, 0.6) is 11.5 Å². The first kappa shape index (κ1) is 18.7. The minimum Gasteiger partial charge on any atom is -0.508 e. The number of benzene rings is 3. The predicted molar refractivity (Wildman–Crippen MR) is 120 cm³/mol. The number of rotatable bonds is 4. The van der Waals surface area contributed by atoms with Gasteiger partial charge in [-0.15, -0.1) is 0 Å². The fraction of sp³-hybridized carbons (Fsp3) is 0.136. The Hall–Kier alpha value is -2.62. The third-order valence-corrected chi connectivity index (χ3v) is 9.06. The van der Waals surface area contributed by atoms with Crippen LogP contribution in [0.4, 0.5) is 5.69 Å². The molecule has 0 saturated carbocycles. The summed E-state index contributed by atoms with van der Waals surface area (Å²) in [5, 5.41) is 15.9. The van der Waals surface area contributed by atoms with Gasteiger partial charge in [0.25, 0.3) is 0 Å². The van der Waals surface area contributed by atoms with E-state index in [9.17, 15) is 5.11 Å². The van der Waals surface area contributed by atoms with Crippen LogP contribution in [0.2, 0.25) is 0 Å². The van der Waals surface area contributed by atoms with E-state index in [2.05, 4.69) is 31.2 Å². The Morgan fingerprint density at radius 1 is 1.04 bits per heavy atom. The standard InChI is InChI=1S/C22H21N2O2PS/c1-16-6-8-18(9-7-16)24-23-22(17-4-3-5-19(25)14-17)15-27(24,28)21-12-10-20(26-2)11-13-21/h3-14,25H,15H2,1-2H3. The molecule has 1 heterocycles. The lowest BCUT2D eigenvalue weighted by Gasteiger charge is -2.28. The van der Waals surface area contributed by atoms with Crippen molar-refractivity contribution in [2.75, 3.05) is 18.1 Å². The van der Waals surface area contributed by atoms with Gasteiger partial charge in [0.05, 0.1) is 24.7 Å². The zero-order chi connectivity index (χ0) is 19.7. The quantitative estimate of drug-likeness (QED) is 0.638. The summed E-state index contributed by atoms with van der Waals surface area (Å²) in [5.74, 6) is 1.03. The van der Waals surface area contributed by atoms with Gasteiger partial charge >= 0.3 is 0 Å². The van der Waals surface area contributed by atoms with Gasteiger partial charge in [-0.25, -0.2) is 4.78 Å². The summed E-state index contributed by atoms with van der Waals surface area (Å²) in [6, 6.07) is 23.5. The molecule has 0 bridgehead atoms. The van der Waals surface area contributed by atoms with Gasteiger partial charge in [0.15, 0.2) is 0 Å². The van der Waals surface area contributed by atoms with Crippen LogP contribution in [0.25, 0.3) is 0 Å². The van der Waals surface area contributed by atoms with E-state index in [0.717, 1.165) is 28.0 Å². The van der Waals surface area contributed by atoms with Crippen molar-refractivity contribution in [3.63, 3.8) is 0 Å². The second-order valence-corrected chi connectivity index (χ2v) is 11.2. The summed E-state index contributed by atoms with van der Waals surface area (Å²) in [4.78, 5) is 0. The van der Waals surface area contributed by atoms with Crippen LogP contribution in [0.3, 0.4) is 0 Å². The topological polar surface area (TPSA) is 45.1 Å². The number of anilines is 1. The Labute approximate surface area is 170 Å². The van der Waals surface area contributed by atoms with Gasteiger partial charge in [0.1, 0.15) is 11.5 Å². The minimum atomic E-state index is -2.21. The molecule has 0 aliphatic carbocycles. The molecule has 28 heavy (non-hydrogen) atoms. The summed E-state index contributed by atoms with van der Waals surface area (Å²) in [7, 11) is 1.66. The molecule has 3 aromatic carbocycles. The highest BCUT2D eigenvalue weighted by atomic mass is 32.4. The van der Waals surface area contributed by atoms with Gasteiger partial charge in [-0.1, -0.05) is 41.6 Å². The molecular weight excluding hydrogens is 387 g/mol. The van der Waals surface area contributed by atoms with Crippen LogP contribution in [0, 0.1) is 6.92 Å². The van der Waals surface area contributed by atoms with Crippen molar-refractivity contribution < 1.29 is 9.84 Å². The highest BCUT2D eigenvalue weighted by Gasteiger charge is 2.36. The Balaban J connectivity index is 1.81. The van der Waals surface area contributed by atoms with Crippen molar-refractivity contribution in [3.8, 4) is 11.5 Å². The van der Waals surface area contributed by atoms with Crippen molar-refractivity contribution >= 4 is 34.7 Å². The molecule has 1 unspecified atom stereocenters. The van der Waals surface area contributed by atoms with Gasteiger partial charge in [-0.2, -0.15) is 5.10 Å². The fourth-order valence-electron chi connectivity index (χ4n) is 3.26. The molecule has 4 rings (SSSR count). The Morgan fingerprint density at radius 2 is 1.75 bits per heavy atom. The largest absolute Gasteiger partial charge is 0.508 e. The number of aryl methyl sites for hydroxylation is 1. The summed E-state index contributed by atoms with van der Waals surface area (Å²) in [5.41, 5.74) is 3.98. The van der Waals surface area contributed by atoms with Gasteiger partial charge in [0, 0.05) is 17.0 Å². The van der Waals surface area contributed by atoms with Crippen molar-refractivity contribution in [3.05, 3.63) is 83.9 Å². The number of aromatic hydroxyl groups is 1. The molecule has 1 atom stereocenters. The third kappa shape index (κ3) is 3.44. The SMILES string of the molecule is COc1ccc(P2(=S)CC(c3cccc(O)c3)=NN2c2ccc(C)cc2)cc1. The number of nitrogens with zero attached hydrogens (tertiary/aromatic N) is 2. The molecule has 4 nitrogen and oxygen atoms in total. The molecular formula is C22H21N2O2PS. The Kier molecular flexibility index (Phi) is 4.96. The molecule has 3 aromatic rings.